The molecule has 0 unspecified atom stereocenters. The second-order valence-electron chi connectivity index (χ2n) is 2.78. The Morgan fingerprint density at radius 3 is 2.69 bits per heavy atom. The van der Waals surface area contributed by atoms with Gasteiger partial charge in [-0.3, -0.25) is 0 Å². The van der Waals surface area contributed by atoms with Crippen LogP contribution in [0.3, 0.4) is 0 Å². The maximum atomic E-state index is 8.62. The van der Waals surface area contributed by atoms with Crippen LogP contribution in [0.4, 0.5) is 11.6 Å². The monoisotopic (exact) mass is 182 g/mol. The van der Waals surface area contributed by atoms with Gasteiger partial charge in [-0.15, -0.1) is 0 Å². The number of nitrogens with one attached hydrogen (secondary N) is 1. The summed E-state index contributed by atoms with van der Waals surface area (Å²) in [5.74, 6) is 1.80. The second kappa shape index (κ2) is 4.04. The number of hydrogen-bond acceptors (Lipinski definition) is 5. The molecule has 0 radical (unpaired) electrons. The van der Waals surface area contributed by atoms with Crippen LogP contribution in [-0.4, -0.2) is 28.2 Å². The van der Waals surface area contributed by atoms with Crippen LogP contribution in [0.25, 0.3) is 0 Å². The molecule has 0 aliphatic heterocycles. The summed E-state index contributed by atoms with van der Waals surface area (Å²) in [4.78, 5) is 8.16. The zero-order chi connectivity index (χ0) is 9.84. The van der Waals surface area contributed by atoms with Crippen LogP contribution >= 0.6 is 0 Å². The third kappa shape index (κ3) is 2.29. The minimum Gasteiger partial charge on any atom is -0.395 e. The first-order valence-electron chi connectivity index (χ1n) is 4.10. The second-order valence-corrected chi connectivity index (χ2v) is 2.78. The Balaban J connectivity index is 2.92. The molecular weight excluding hydrogens is 168 g/mol. The van der Waals surface area contributed by atoms with E-state index in [0.29, 0.717) is 24.0 Å². The largest absolute Gasteiger partial charge is 0.395 e. The predicted octanol–water partition coefficient (Wildman–Crippen LogP) is 0.0798. The summed E-state index contributed by atoms with van der Waals surface area (Å²) in [5.41, 5.74) is 6.46. The van der Waals surface area contributed by atoms with Crippen molar-refractivity contribution in [3.8, 4) is 0 Å². The van der Waals surface area contributed by atoms with Crippen molar-refractivity contribution in [1.29, 1.82) is 0 Å². The average molecular weight is 182 g/mol. The summed E-state index contributed by atoms with van der Waals surface area (Å²) in [7, 11) is 0. The molecule has 0 fully saturated rings. The normalized spacial score (nSPS) is 10.1. The minimum atomic E-state index is 0.0718. The average Bonchev–Trinajstić information content (AvgIpc) is 2.09. The lowest BCUT2D eigenvalue weighted by molar-refractivity contribution is 0.311. The van der Waals surface area contributed by atoms with Crippen molar-refractivity contribution in [2.75, 3.05) is 24.2 Å². The van der Waals surface area contributed by atoms with Crippen molar-refractivity contribution in [3.05, 3.63) is 11.4 Å². The van der Waals surface area contributed by atoms with E-state index < -0.39 is 0 Å². The lowest BCUT2D eigenvalue weighted by Crippen LogP contribution is -2.11. The van der Waals surface area contributed by atoms with Gasteiger partial charge in [-0.05, 0) is 13.8 Å². The molecule has 0 atom stereocenters. The Labute approximate surface area is 77.0 Å². The fourth-order valence-corrected chi connectivity index (χ4v) is 0.997. The number of nitrogen functional groups attached to an aromatic ring is 1. The van der Waals surface area contributed by atoms with E-state index in [0.717, 1.165) is 5.56 Å². The fraction of sp³-hybridized carbons (Fsp3) is 0.500. The van der Waals surface area contributed by atoms with Crippen LogP contribution in [0.15, 0.2) is 0 Å². The molecule has 13 heavy (non-hydrogen) atoms. The quantitative estimate of drug-likeness (QED) is 0.616. The van der Waals surface area contributed by atoms with Crippen LogP contribution < -0.4 is 11.1 Å². The van der Waals surface area contributed by atoms with Gasteiger partial charge in [0.15, 0.2) is 0 Å². The lowest BCUT2D eigenvalue weighted by Gasteiger charge is -2.09. The molecule has 1 aromatic rings. The number of nitrogens with two attached hydrogens (primary N) is 1. The summed E-state index contributed by atoms with van der Waals surface area (Å²) in [6.45, 7) is 4.16. The lowest BCUT2D eigenvalue weighted by atomic mass is 10.3. The standard InChI is InChI=1S/C8H14N4O/c1-5-7(9)11-6(2)12-8(5)10-3-4-13/h13H,3-4H2,1-2H3,(H3,9,10,11,12). The smallest absolute Gasteiger partial charge is 0.134 e. The molecule has 1 rings (SSSR count). The van der Waals surface area contributed by atoms with Crippen LogP contribution in [0, 0.1) is 13.8 Å². The molecule has 72 valence electrons. The number of aliphatic hydroxyl groups is 1. The number of hydrogen-bond donors (Lipinski definition) is 3. The first-order valence-corrected chi connectivity index (χ1v) is 4.10. The van der Waals surface area contributed by atoms with Gasteiger partial charge >= 0.3 is 0 Å². The summed E-state index contributed by atoms with van der Waals surface area (Å²) in [5, 5.41) is 11.6. The van der Waals surface area contributed by atoms with Crippen LogP contribution in [0.2, 0.25) is 0 Å². The molecule has 0 aromatic carbocycles. The Morgan fingerprint density at radius 1 is 1.38 bits per heavy atom. The van der Waals surface area contributed by atoms with Crippen molar-refractivity contribution in [3.63, 3.8) is 0 Å². The first-order chi connectivity index (χ1) is 6.15. The van der Waals surface area contributed by atoms with E-state index in [1.165, 1.54) is 0 Å². The molecule has 1 aromatic heterocycles. The predicted molar refractivity (Wildman–Crippen MR) is 51.5 cm³/mol. The van der Waals surface area contributed by atoms with Crippen molar-refractivity contribution in [2.24, 2.45) is 0 Å². The number of nitrogens with zero attached hydrogens (tertiary/aromatic N) is 2. The Kier molecular flexibility index (Phi) is 3.02. The van der Waals surface area contributed by atoms with E-state index >= 15 is 0 Å². The summed E-state index contributed by atoms with van der Waals surface area (Å²) in [6.07, 6.45) is 0. The first kappa shape index (κ1) is 9.73. The number of anilines is 2. The van der Waals surface area contributed by atoms with Crippen molar-refractivity contribution in [2.45, 2.75) is 13.8 Å². The van der Waals surface area contributed by atoms with E-state index in [-0.39, 0.29) is 6.61 Å². The third-order valence-electron chi connectivity index (χ3n) is 1.70. The molecule has 5 heteroatoms. The van der Waals surface area contributed by atoms with Gasteiger partial charge in [0.25, 0.3) is 0 Å². The van der Waals surface area contributed by atoms with Crippen molar-refractivity contribution >= 4 is 11.6 Å². The van der Waals surface area contributed by atoms with Gasteiger partial charge in [0.2, 0.25) is 0 Å². The molecular formula is C8H14N4O. The van der Waals surface area contributed by atoms with Crippen LogP contribution in [0.1, 0.15) is 11.4 Å². The molecule has 0 saturated carbocycles. The van der Waals surface area contributed by atoms with Gasteiger partial charge < -0.3 is 16.2 Å². The molecule has 0 amide bonds. The number of rotatable bonds is 3. The highest BCUT2D eigenvalue weighted by Gasteiger charge is 2.04. The number of aromatic nitrogens is 2. The molecule has 0 spiro atoms. The zero-order valence-electron chi connectivity index (χ0n) is 7.83. The number of aryl methyl sites for hydroxylation is 1. The van der Waals surface area contributed by atoms with Crippen molar-refractivity contribution in [1.82, 2.24) is 9.97 Å². The van der Waals surface area contributed by atoms with E-state index in [2.05, 4.69) is 15.3 Å². The van der Waals surface area contributed by atoms with Crippen molar-refractivity contribution < 1.29 is 5.11 Å². The summed E-state index contributed by atoms with van der Waals surface area (Å²) < 4.78 is 0. The highest BCUT2D eigenvalue weighted by Crippen LogP contribution is 2.16. The Bertz CT molecular complexity index is 300. The SMILES string of the molecule is Cc1nc(N)c(C)c(NCCO)n1. The molecule has 1 heterocycles. The maximum absolute atomic E-state index is 8.62. The molecule has 0 aliphatic rings. The summed E-state index contributed by atoms with van der Waals surface area (Å²) in [6, 6.07) is 0. The fourth-order valence-electron chi connectivity index (χ4n) is 0.997. The van der Waals surface area contributed by atoms with Gasteiger partial charge in [0.1, 0.15) is 17.5 Å². The molecule has 4 N–H and O–H groups in total. The molecule has 5 nitrogen and oxygen atoms in total. The number of aliphatic hydroxyl groups excluding tert-OH is 1. The van der Waals surface area contributed by atoms with E-state index in [1.54, 1.807) is 6.92 Å². The highest BCUT2D eigenvalue weighted by atomic mass is 16.3. The molecule has 0 aliphatic carbocycles. The molecule has 0 bridgehead atoms. The Morgan fingerprint density at radius 2 is 2.08 bits per heavy atom. The van der Waals surface area contributed by atoms with Gasteiger partial charge in [0, 0.05) is 12.1 Å². The van der Waals surface area contributed by atoms with Gasteiger partial charge in [0.05, 0.1) is 6.61 Å². The summed E-state index contributed by atoms with van der Waals surface area (Å²) >= 11 is 0. The van der Waals surface area contributed by atoms with E-state index in [9.17, 15) is 0 Å². The van der Waals surface area contributed by atoms with Gasteiger partial charge in [-0.1, -0.05) is 0 Å². The van der Waals surface area contributed by atoms with Crippen LogP contribution in [0.5, 0.6) is 0 Å². The Hall–Kier alpha value is -1.36. The molecule has 0 saturated heterocycles. The third-order valence-corrected chi connectivity index (χ3v) is 1.70. The van der Waals surface area contributed by atoms with Crippen LogP contribution in [-0.2, 0) is 0 Å². The van der Waals surface area contributed by atoms with Gasteiger partial charge in [-0.25, -0.2) is 9.97 Å². The van der Waals surface area contributed by atoms with E-state index in [4.69, 9.17) is 10.8 Å². The zero-order valence-corrected chi connectivity index (χ0v) is 7.83. The van der Waals surface area contributed by atoms with E-state index in [1.807, 2.05) is 6.92 Å². The maximum Gasteiger partial charge on any atom is 0.134 e. The van der Waals surface area contributed by atoms with Gasteiger partial charge in [-0.2, -0.15) is 0 Å². The highest BCUT2D eigenvalue weighted by molar-refractivity contribution is 5.54. The minimum absolute atomic E-state index is 0.0718. The topological polar surface area (TPSA) is 84.1 Å².